The maximum atomic E-state index is 10.5. The molecular weight excluding hydrogens is 218 g/mol. The monoisotopic (exact) mass is 237 g/mol. The molecule has 0 bridgehead atoms. The Kier molecular flexibility index (Phi) is 4.55. The number of rotatable bonds is 5. The van der Waals surface area contributed by atoms with Gasteiger partial charge in [-0.05, 0) is 12.1 Å². The highest BCUT2D eigenvalue weighted by atomic mass is 28.3. The quantitative estimate of drug-likeness (QED) is 0.800. The number of hydrogen-bond donors (Lipinski definition) is 1. The molecule has 0 spiro atoms. The molecule has 0 atom stereocenters. The van der Waals surface area contributed by atoms with Crippen LogP contribution in [0.2, 0.25) is 19.1 Å². The van der Waals surface area contributed by atoms with Gasteiger partial charge in [-0.25, -0.2) is 4.79 Å². The Morgan fingerprint density at radius 3 is 2.50 bits per heavy atom. The van der Waals surface area contributed by atoms with Crippen molar-refractivity contribution in [1.82, 2.24) is 0 Å². The molecule has 0 radical (unpaired) electrons. The first-order chi connectivity index (χ1) is 7.49. The average molecular weight is 237 g/mol. The number of carbonyl (C=O) groups is 1. The van der Waals surface area contributed by atoms with Gasteiger partial charge in [-0.1, -0.05) is 49.0 Å². The normalized spacial score (nSPS) is 11.1. The predicted molar refractivity (Wildman–Crippen MR) is 68.0 cm³/mol. The predicted octanol–water partition coefficient (Wildman–Crippen LogP) is 2.57. The minimum absolute atomic E-state index is 0.446. The van der Waals surface area contributed by atoms with Crippen molar-refractivity contribution in [3.63, 3.8) is 0 Å². The molecular formula is C12H19NO2Si. The first-order valence-corrected chi connectivity index (χ1v) is 8.87. The van der Waals surface area contributed by atoms with Crippen LogP contribution >= 0.6 is 0 Å². The van der Waals surface area contributed by atoms with Crippen molar-refractivity contribution in [2.45, 2.75) is 25.2 Å². The topological polar surface area (TPSA) is 52.3 Å². The number of benzene rings is 1. The van der Waals surface area contributed by atoms with Crippen molar-refractivity contribution in [2.75, 3.05) is 6.61 Å². The summed E-state index contributed by atoms with van der Waals surface area (Å²) in [6.45, 7) is 5.04. The molecule has 16 heavy (non-hydrogen) atoms. The molecule has 0 fully saturated rings. The second-order valence-electron chi connectivity index (χ2n) is 4.74. The number of hydrogen-bond acceptors (Lipinski definition) is 2. The van der Waals surface area contributed by atoms with Crippen molar-refractivity contribution >= 4 is 14.2 Å². The van der Waals surface area contributed by atoms with Crippen LogP contribution in [-0.4, -0.2) is 20.8 Å². The third kappa shape index (κ3) is 4.98. The highest BCUT2D eigenvalue weighted by molar-refractivity contribution is 6.76. The summed E-state index contributed by atoms with van der Waals surface area (Å²) in [4.78, 5) is 10.5. The molecule has 3 nitrogen and oxygen atoms in total. The van der Waals surface area contributed by atoms with Gasteiger partial charge < -0.3 is 10.5 Å². The molecule has 0 aliphatic rings. The Bertz CT molecular complexity index is 338. The number of nitrogens with two attached hydrogens (primary N) is 1. The molecule has 2 N–H and O–H groups in total. The van der Waals surface area contributed by atoms with Gasteiger partial charge in [0.15, 0.2) is 0 Å². The van der Waals surface area contributed by atoms with Gasteiger partial charge in [0.25, 0.3) is 0 Å². The van der Waals surface area contributed by atoms with Gasteiger partial charge in [-0.15, -0.1) is 0 Å². The van der Waals surface area contributed by atoms with E-state index >= 15 is 0 Å². The van der Waals surface area contributed by atoms with Crippen LogP contribution in [0, 0.1) is 0 Å². The summed E-state index contributed by atoms with van der Waals surface area (Å²) < 4.78 is 4.79. The summed E-state index contributed by atoms with van der Waals surface area (Å²) in [5, 5.41) is 0. The standard InChI is InChI=1S/C12H19NO2Si/c1-16(2,9-8-15-12(13)14)10-11-6-4-3-5-7-11/h3-7H,8-10H2,1-2H3,(H2,13,14). The van der Waals surface area contributed by atoms with Crippen LogP contribution in [0.3, 0.4) is 0 Å². The van der Waals surface area contributed by atoms with Crippen LogP contribution in [0.4, 0.5) is 4.79 Å². The lowest BCUT2D eigenvalue weighted by Gasteiger charge is -2.21. The van der Waals surface area contributed by atoms with Crippen LogP contribution in [-0.2, 0) is 10.8 Å². The van der Waals surface area contributed by atoms with Crippen LogP contribution in [0.5, 0.6) is 0 Å². The largest absolute Gasteiger partial charge is 0.450 e. The summed E-state index contributed by atoms with van der Waals surface area (Å²) in [6, 6.07) is 12.5. The highest BCUT2D eigenvalue weighted by Gasteiger charge is 2.21. The lowest BCUT2D eigenvalue weighted by Crippen LogP contribution is -2.31. The Morgan fingerprint density at radius 1 is 1.31 bits per heavy atom. The van der Waals surface area contributed by atoms with E-state index in [-0.39, 0.29) is 0 Å². The fraction of sp³-hybridized carbons (Fsp3) is 0.417. The average Bonchev–Trinajstić information content (AvgIpc) is 2.17. The van der Waals surface area contributed by atoms with Gasteiger partial charge in [-0.2, -0.15) is 0 Å². The third-order valence-corrected chi connectivity index (χ3v) is 5.47. The van der Waals surface area contributed by atoms with E-state index in [4.69, 9.17) is 10.5 Å². The van der Waals surface area contributed by atoms with Crippen molar-refractivity contribution < 1.29 is 9.53 Å². The lowest BCUT2D eigenvalue weighted by molar-refractivity contribution is 0.162. The molecule has 4 heteroatoms. The van der Waals surface area contributed by atoms with Gasteiger partial charge in [0, 0.05) is 0 Å². The Balaban J connectivity index is 2.42. The van der Waals surface area contributed by atoms with Crippen molar-refractivity contribution in [1.29, 1.82) is 0 Å². The minimum Gasteiger partial charge on any atom is -0.450 e. The van der Waals surface area contributed by atoms with E-state index in [9.17, 15) is 4.79 Å². The van der Waals surface area contributed by atoms with Gasteiger partial charge in [0.05, 0.1) is 14.7 Å². The Morgan fingerprint density at radius 2 is 1.94 bits per heavy atom. The van der Waals surface area contributed by atoms with E-state index in [1.807, 2.05) is 6.07 Å². The second kappa shape index (κ2) is 5.70. The number of primary amides is 1. The Hall–Kier alpha value is -1.29. The summed E-state index contributed by atoms with van der Waals surface area (Å²) >= 11 is 0. The van der Waals surface area contributed by atoms with Gasteiger partial charge in [0.1, 0.15) is 0 Å². The van der Waals surface area contributed by atoms with Crippen LogP contribution in [0.25, 0.3) is 0 Å². The summed E-state index contributed by atoms with van der Waals surface area (Å²) in [7, 11) is -1.34. The van der Waals surface area contributed by atoms with Crippen LogP contribution < -0.4 is 5.73 Å². The zero-order valence-corrected chi connectivity index (χ0v) is 10.9. The summed E-state index contributed by atoms with van der Waals surface area (Å²) in [5.74, 6) is 0. The summed E-state index contributed by atoms with van der Waals surface area (Å²) in [6.07, 6.45) is -0.676. The highest BCUT2D eigenvalue weighted by Crippen LogP contribution is 2.16. The molecule has 1 amide bonds. The Labute approximate surface area is 97.6 Å². The van der Waals surface area contributed by atoms with E-state index in [2.05, 4.69) is 37.4 Å². The molecule has 0 saturated carbocycles. The van der Waals surface area contributed by atoms with Crippen LogP contribution in [0.15, 0.2) is 30.3 Å². The number of ether oxygens (including phenoxy) is 1. The molecule has 1 aromatic rings. The third-order valence-electron chi connectivity index (χ3n) is 2.55. The molecule has 0 unspecified atom stereocenters. The van der Waals surface area contributed by atoms with E-state index in [1.165, 1.54) is 5.56 Å². The SMILES string of the molecule is C[Si](C)(CCOC(N)=O)Cc1ccccc1. The zero-order chi connectivity index (χ0) is 12.0. The van der Waals surface area contributed by atoms with E-state index in [0.29, 0.717) is 6.61 Å². The maximum Gasteiger partial charge on any atom is 0.404 e. The zero-order valence-electron chi connectivity index (χ0n) is 9.90. The molecule has 1 aromatic carbocycles. The number of carbonyl (C=O) groups excluding carboxylic acids is 1. The molecule has 0 saturated heterocycles. The molecule has 0 heterocycles. The number of amides is 1. The fourth-order valence-corrected chi connectivity index (χ4v) is 3.84. The lowest BCUT2D eigenvalue weighted by atomic mass is 10.2. The smallest absolute Gasteiger partial charge is 0.404 e. The fourth-order valence-electron chi connectivity index (χ4n) is 1.66. The van der Waals surface area contributed by atoms with E-state index in [0.717, 1.165) is 12.1 Å². The molecule has 0 aromatic heterocycles. The van der Waals surface area contributed by atoms with Crippen molar-refractivity contribution in [2.24, 2.45) is 5.73 Å². The maximum absolute atomic E-state index is 10.5. The minimum atomic E-state index is -1.34. The molecule has 0 aliphatic heterocycles. The van der Waals surface area contributed by atoms with Crippen molar-refractivity contribution in [3.05, 3.63) is 35.9 Å². The van der Waals surface area contributed by atoms with Crippen molar-refractivity contribution in [3.8, 4) is 0 Å². The van der Waals surface area contributed by atoms with E-state index in [1.54, 1.807) is 0 Å². The van der Waals surface area contributed by atoms with Crippen LogP contribution in [0.1, 0.15) is 5.56 Å². The first-order valence-electron chi connectivity index (χ1n) is 5.46. The first kappa shape index (κ1) is 12.8. The molecule has 0 aliphatic carbocycles. The van der Waals surface area contributed by atoms with Gasteiger partial charge >= 0.3 is 6.09 Å². The molecule has 1 rings (SSSR count). The van der Waals surface area contributed by atoms with Gasteiger partial charge in [-0.3, -0.25) is 0 Å². The summed E-state index contributed by atoms with van der Waals surface area (Å²) in [5.41, 5.74) is 6.29. The second-order valence-corrected chi connectivity index (χ2v) is 9.93. The van der Waals surface area contributed by atoms with E-state index < -0.39 is 14.2 Å². The molecule has 88 valence electrons. The van der Waals surface area contributed by atoms with Gasteiger partial charge in [0.2, 0.25) is 0 Å².